The fourth-order valence-electron chi connectivity index (χ4n) is 1.84. The monoisotopic (exact) mass is 156 g/mol. The molecule has 2 atom stereocenters. The molecule has 0 aromatic heterocycles. The molecule has 0 saturated carbocycles. The Balaban J connectivity index is 2.34. The molecule has 1 aliphatic rings. The molecule has 1 fully saturated rings. The second kappa shape index (κ2) is 4.07. The number of hydrogen-bond acceptors (Lipinski definition) is 2. The SMILES string of the molecule is CC1CNCC(C)CN(C)C1. The molecule has 1 rings (SSSR count). The molecule has 1 aliphatic heterocycles. The molecule has 0 amide bonds. The van der Waals surface area contributed by atoms with Crippen molar-refractivity contribution in [3.05, 3.63) is 0 Å². The van der Waals surface area contributed by atoms with Crippen molar-refractivity contribution in [2.75, 3.05) is 33.2 Å². The van der Waals surface area contributed by atoms with E-state index in [0.29, 0.717) is 0 Å². The van der Waals surface area contributed by atoms with E-state index in [4.69, 9.17) is 0 Å². The second-order valence-electron chi connectivity index (χ2n) is 4.09. The van der Waals surface area contributed by atoms with Gasteiger partial charge in [0.2, 0.25) is 0 Å². The summed E-state index contributed by atoms with van der Waals surface area (Å²) in [7, 11) is 2.22. The predicted molar refractivity (Wildman–Crippen MR) is 48.7 cm³/mol. The summed E-state index contributed by atoms with van der Waals surface area (Å²) in [5.41, 5.74) is 0. The van der Waals surface area contributed by atoms with Gasteiger partial charge in [-0.3, -0.25) is 0 Å². The Morgan fingerprint density at radius 3 is 2.00 bits per heavy atom. The molecule has 1 heterocycles. The molecule has 0 radical (unpaired) electrons. The van der Waals surface area contributed by atoms with Crippen molar-refractivity contribution in [3.63, 3.8) is 0 Å². The summed E-state index contributed by atoms with van der Waals surface area (Å²) in [6.45, 7) is 9.43. The molecule has 0 aromatic carbocycles. The molecule has 0 bridgehead atoms. The Labute approximate surface area is 70.0 Å². The molecule has 0 aliphatic carbocycles. The maximum atomic E-state index is 3.48. The van der Waals surface area contributed by atoms with Gasteiger partial charge in [0.25, 0.3) is 0 Å². The zero-order valence-corrected chi connectivity index (χ0v) is 7.93. The number of nitrogens with one attached hydrogen (secondary N) is 1. The molecule has 1 N–H and O–H groups in total. The quantitative estimate of drug-likeness (QED) is 0.558. The van der Waals surface area contributed by atoms with E-state index in [9.17, 15) is 0 Å². The maximum Gasteiger partial charge on any atom is 0.00162 e. The van der Waals surface area contributed by atoms with Crippen molar-refractivity contribution < 1.29 is 0 Å². The third-order valence-electron chi connectivity index (χ3n) is 2.23. The van der Waals surface area contributed by atoms with Crippen LogP contribution in [0.3, 0.4) is 0 Å². The maximum absolute atomic E-state index is 3.48. The minimum atomic E-state index is 0.799. The summed E-state index contributed by atoms with van der Waals surface area (Å²) < 4.78 is 0. The van der Waals surface area contributed by atoms with Crippen molar-refractivity contribution >= 4 is 0 Å². The zero-order chi connectivity index (χ0) is 8.27. The first kappa shape index (κ1) is 9.01. The molecular formula is C9H20N2. The van der Waals surface area contributed by atoms with E-state index < -0.39 is 0 Å². The average Bonchev–Trinajstić information content (AvgIpc) is 1.83. The third-order valence-corrected chi connectivity index (χ3v) is 2.23. The van der Waals surface area contributed by atoms with Crippen LogP contribution in [0.25, 0.3) is 0 Å². The molecule has 0 aromatic rings. The molecule has 0 spiro atoms. The molecule has 2 unspecified atom stereocenters. The van der Waals surface area contributed by atoms with Crippen LogP contribution in [0.1, 0.15) is 13.8 Å². The fraction of sp³-hybridized carbons (Fsp3) is 1.00. The zero-order valence-electron chi connectivity index (χ0n) is 7.93. The van der Waals surface area contributed by atoms with E-state index in [1.807, 2.05) is 0 Å². The van der Waals surface area contributed by atoms with Crippen LogP contribution < -0.4 is 5.32 Å². The minimum absolute atomic E-state index is 0.799. The van der Waals surface area contributed by atoms with Gasteiger partial charge in [0.15, 0.2) is 0 Å². The van der Waals surface area contributed by atoms with Gasteiger partial charge >= 0.3 is 0 Å². The Hall–Kier alpha value is -0.0800. The van der Waals surface area contributed by atoms with Crippen LogP contribution in [0.15, 0.2) is 0 Å². The van der Waals surface area contributed by atoms with Crippen molar-refractivity contribution in [2.24, 2.45) is 11.8 Å². The van der Waals surface area contributed by atoms with Gasteiger partial charge in [-0.2, -0.15) is 0 Å². The minimum Gasteiger partial charge on any atom is -0.316 e. The van der Waals surface area contributed by atoms with Gasteiger partial charge in [0, 0.05) is 13.1 Å². The Bertz CT molecular complexity index is 102. The van der Waals surface area contributed by atoms with Crippen LogP contribution in [0.2, 0.25) is 0 Å². The van der Waals surface area contributed by atoms with Gasteiger partial charge in [0.1, 0.15) is 0 Å². The van der Waals surface area contributed by atoms with Crippen LogP contribution in [0, 0.1) is 11.8 Å². The molecular weight excluding hydrogens is 136 g/mol. The van der Waals surface area contributed by atoms with Crippen LogP contribution in [0.4, 0.5) is 0 Å². The molecule has 1 saturated heterocycles. The largest absolute Gasteiger partial charge is 0.316 e. The standard InChI is InChI=1S/C9H20N2/c1-8-4-10-5-9(2)7-11(3)6-8/h8-10H,4-7H2,1-3H3. The lowest BCUT2D eigenvalue weighted by Crippen LogP contribution is -2.40. The first-order valence-corrected chi connectivity index (χ1v) is 4.57. The smallest absolute Gasteiger partial charge is 0.00162 e. The Morgan fingerprint density at radius 1 is 1.09 bits per heavy atom. The van der Waals surface area contributed by atoms with Crippen LogP contribution in [-0.2, 0) is 0 Å². The molecule has 2 nitrogen and oxygen atoms in total. The summed E-state index contributed by atoms with van der Waals surface area (Å²) in [5.74, 6) is 1.60. The number of hydrogen-bond donors (Lipinski definition) is 1. The van der Waals surface area contributed by atoms with Gasteiger partial charge < -0.3 is 10.2 Å². The molecule has 2 heteroatoms. The third kappa shape index (κ3) is 3.21. The highest BCUT2D eigenvalue weighted by Crippen LogP contribution is 2.04. The normalized spacial score (nSPS) is 36.3. The summed E-state index contributed by atoms with van der Waals surface area (Å²) >= 11 is 0. The Morgan fingerprint density at radius 2 is 1.55 bits per heavy atom. The van der Waals surface area contributed by atoms with E-state index in [-0.39, 0.29) is 0 Å². The summed E-state index contributed by atoms with van der Waals surface area (Å²) in [6.07, 6.45) is 0. The molecule has 66 valence electrons. The highest BCUT2D eigenvalue weighted by molar-refractivity contribution is 4.70. The highest BCUT2D eigenvalue weighted by Gasteiger charge is 2.13. The van der Waals surface area contributed by atoms with Crippen LogP contribution >= 0.6 is 0 Å². The second-order valence-corrected chi connectivity index (χ2v) is 4.09. The predicted octanol–water partition coefficient (Wildman–Crippen LogP) is 0.794. The average molecular weight is 156 g/mol. The van der Waals surface area contributed by atoms with Crippen molar-refractivity contribution in [1.29, 1.82) is 0 Å². The highest BCUT2D eigenvalue weighted by atomic mass is 15.1. The van der Waals surface area contributed by atoms with Crippen molar-refractivity contribution in [2.45, 2.75) is 13.8 Å². The number of rotatable bonds is 0. The summed E-state index contributed by atoms with van der Waals surface area (Å²) in [4.78, 5) is 2.44. The van der Waals surface area contributed by atoms with Gasteiger partial charge in [-0.05, 0) is 32.0 Å². The van der Waals surface area contributed by atoms with E-state index in [1.165, 1.54) is 26.2 Å². The van der Waals surface area contributed by atoms with Gasteiger partial charge in [0.05, 0.1) is 0 Å². The number of nitrogens with zero attached hydrogens (tertiary/aromatic N) is 1. The first-order chi connectivity index (χ1) is 5.18. The van der Waals surface area contributed by atoms with Gasteiger partial charge in [-0.15, -0.1) is 0 Å². The van der Waals surface area contributed by atoms with E-state index in [2.05, 4.69) is 31.1 Å². The fourth-order valence-corrected chi connectivity index (χ4v) is 1.84. The molecule has 11 heavy (non-hydrogen) atoms. The first-order valence-electron chi connectivity index (χ1n) is 4.57. The van der Waals surface area contributed by atoms with E-state index in [0.717, 1.165) is 11.8 Å². The van der Waals surface area contributed by atoms with Crippen molar-refractivity contribution in [1.82, 2.24) is 10.2 Å². The summed E-state index contributed by atoms with van der Waals surface area (Å²) in [6, 6.07) is 0. The lowest BCUT2D eigenvalue weighted by molar-refractivity contribution is 0.221. The lowest BCUT2D eigenvalue weighted by atomic mass is 10.1. The lowest BCUT2D eigenvalue weighted by Gasteiger charge is -2.28. The summed E-state index contributed by atoms with van der Waals surface area (Å²) in [5, 5.41) is 3.48. The Kier molecular flexibility index (Phi) is 3.34. The van der Waals surface area contributed by atoms with Crippen molar-refractivity contribution in [3.8, 4) is 0 Å². The van der Waals surface area contributed by atoms with Crippen LogP contribution in [0.5, 0.6) is 0 Å². The van der Waals surface area contributed by atoms with E-state index in [1.54, 1.807) is 0 Å². The van der Waals surface area contributed by atoms with E-state index >= 15 is 0 Å². The van der Waals surface area contributed by atoms with Gasteiger partial charge in [-0.1, -0.05) is 13.8 Å². The van der Waals surface area contributed by atoms with Gasteiger partial charge in [-0.25, -0.2) is 0 Å². The topological polar surface area (TPSA) is 15.3 Å². The van der Waals surface area contributed by atoms with Crippen LogP contribution in [-0.4, -0.2) is 38.1 Å².